The molecule has 2 rings (SSSR count). The van der Waals surface area contributed by atoms with Crippen LogP contribution in [0.1, 0.15) is 17.4 Å². The lowest BCUT2D eigenvalue weighted by Gasteiger charge is -2.31. The molecule has 2 heterocycles. The van der Waals surface area contributed by atoms with E-state index in [1.54, 1.807) is 11.3 Å². The van der Waals surface area contributed by atoms with Gasteiger partial charge in [-0.1, -0.05) is 6.92 Å². The molecule has 3 nitrogen and oxygen atoms in total. The number of rotatable bonds is 4. The standard InChI is InChI=1S/C12H18N2OS.ClH/c1-8-3-4-16-11(8)7-14-12(15)9(2)10-5-13-6-10;/h3-4,9-10,13H,5-7H2,1-2H3,(H,14,15);1H. The molecule has 1 atom stereocenters. The van der Waals surface area contributed by atoms with E-state index in [0.717, 1.165) is 13.1 Å². The van der Waals surface area contributed by atoms with Crippen LogP contribution in [0.2, 0.25) is 0 Å². The molecule has 5 heteroatoms. The summed E-state index contributed by atoms with van der Waals surface area (Å²) in [6.45, 7) is 6.73. The third kappa shape index (κ3) is 3.44. The van der Waals surface area contributed by atoms with Gasteiger partial charge < -0.3 is 10.6 Å². The first-order chi connectivity index (χ1) is 7.68. The van der Waals surface area contributed by atoms with Gasteiger partial charge in [0.1, 0.15) is 0 Å². The van der Waals surface area contributed by atoms with E-state index in [4.69, 9.17) is 0 Å². The summed E-state index contributed by atoms with van der Waals surface area (Å²) >= 11 is 1.70. The van der Waals surface area contributed by atoms with Crippen molar-refractivity contribution in [3.05, 3.63) is 21.9 Å². The second kappa shape index (κ2) is 6.38. The molecule has 0 bridgehead atoms. The van der Waals surface area contributed by atoms with Gasteiger partial charge in [0.05, 0.1) is 6.54 Å². The van der Waals surface area contributed by atoms with Gasteiger partial charge in [-0.2, -0.15) is 0 Å². The number of nitrogens with one attached hydrogen (secondary N) is 2. The molecule has 1 aliphatic heterocycles. The molecule has 1 aromatic rings. The molecule has 1 unspecified atom stereocenters. The van der Waals surface area contributed by atoms with Gasteiger partial charge in [0, 0.05) is 10.8 Å². The van der Waals surface area contributed by atoms with Crippen LogP contribution in [0.3, 0.4) is 0 Å². The zero-order chi connectivity index (χ0) is 11.5. The van der Waals surface area contributed by atoms with Gasteiger partial charge in [0.2, 0.25) is 5.91 Å². The lowest BCUT2D eigenvalue weighted by atomic mass is 9.88. The summed E-state index contributed by atoms with van der Waals surface area (Å²) in [6, 6.07) is 2.09. The predicted octanol–water partition coefficient (Wildman–Crippen LogP) is 1.95. The minimum absolute atomic E-state index is 0. The number of carbonyl (C=O) groups excluding carboxylic acids is 1. The minimum Gasteiger partial charge on any atom is -0.351 e. The van der Waals surface area contributed by atoms with Crippen molar-refractivity contribution in [2.24, 2.45) is 11.8 Å². The Kier molecular flexibility index (Phi) is 5.43. The Morgan fingerprint density at radius 3 is 2.82 bits per heavy atom. The van der Waals surface area contributed by atoms with Crippen molar-refractivity contribution in [2.75, 3.05) is 13.1 Å². The first-order valence-electron chi connectivity index (χ1n) is 5.70. The van der Waals surface area contributed by atoms with Crippen molar-refractivity contribution in [3.63, 3.8) is 0 Å². The Bertz CT molecular complexity index is 376. The molecule has 0 spiro atoms. The molecular formula is C12H19ClN2OS. The molecule has 0 aliphatic carbocycles. The summed E-state index contributed by atoms with van der Waals surface area (Å²) in [5.74, 6) is 0.824. The van der Waals surface area contributed by atoms with E-state index in [1.165, 1.54) is 10.4 Å². The van der Waals surface area contributed by atoms with Crippen LogP contribution in [0.25, 0.3) is 0 Å². The number of amides is 1. The third-order valence-corrected chi connectivity index (χ3v) is 4.35. The maximum Gasteiger partial charge on any atom is 0.223 e. The summed E-state index contributed by atoms with van der Waals surface area (Å²) in [5, 5.41) is 8.28. The van der Waals surface area contributed by atoms with E-state index >= 15 is 0 Å². The Labute approximate surface area is 112 Å². The molecule has 0 saturated carbocycles. The molecular weight excluding hydrogens is 256 g/mol. The maximum absolute atomic E-state index is 11.8. The molecule has 1 aromatic heterocycles. The Morgan fingerprint density at radius 1 is 1.65 bits per heavy atom. The van der Waals surface area contributed by atoms with Crippen LogP contribution in [-0.4, -0.2) is 19.0 Å². The number of aryl methyl sites for hydroxylation is 1. The Balaban J connectivity index is 0.00000144. The van der Waals surface area contributed by atoms with Crippen LogP contribution < -0.4 is 10.6 Å². The summed E-state index contributed by atoms with van der Waals surface area (Å²) in [5.41, 5.74) is 1.27. The quantitative estimate of drug-likeness (QED) is 0.881. The topological polar surface area (TPSA) is 41.1 Å². The number of hydrogen-bond donors (Lipinski definition) is 2. The lowest BCUT2D eigenvalue weighted by molar-refractivity contribution is -0.126. The van der Waals surface area contributed by atoms with Gasteiger partial charge in [-0.25, -0.2) is 0 Å². The molecule has 1 amide bonds. The van der Waals surface area contributed by atoms with Gasteiger partial charge in [0.15, 0.2) is 0 Å². The summed E-state index contributed by atoms with van der Waals surface area (Å²) < 4.78 is 0. The van der Waals surface area contributed by atoms with E-state index in [2.05, 4.69) is 29.0 Å². The Hall–Kier alpha value is -0.580. The SMILES string of the molecule is Cc1ccsc1CNC(=O)C(C)C1CNC1.Cl. The molecule has 0 radical (unpaired) electrons. The van der Waals surface area contributed by atoms with Crippen LogP contribution in [0.5, 0.6) is 0 Å². The van der Waals surface area contributed by atoms with E-state index in [-0.39, 0.29) is 24.2 Å². The van der Waals surface area contributed by atoms with Gasteiger partial charge in [-0.05, 0) is 42.9 Å². The first kappa shape index (κ1) is 14.5. The molecule has 1 saturated heterocycles. The monoisotopic (exact) mass is 274 g/mol. The molecule has 1 aliphatic rings. The van der Waals surface area contributed by atoms with Crippen LogP contribution in [-0.2, 0) is 11.3 Å². The average Bonchev–Trinajstić information content (AvgIpc) is 2.57. The van der Waals surface area contributed by atoms with E-state index < -0.39 is 0 Å². The minimum atomic E-state index is 0. The summed E-state index contributed by atoms with van der Waals surface area (Å²) in [4.78, 5) is 13.1. The fourth-order valence-electron chi connectivity index (χ4n) is 1.79. The highest BCUT2D eigenvalue weighted by atomic mass is 35.5. The van der Waals surface area contributed by atoms with Crippen molar-refractivity contribution in [3.8, 4) is 0 Å². The van der Waals surface area contributed by atoms with Crippen LogP contribution in [0.4, 0.5) is 0 Å². The molecule has 1 fully saturated rings. The van der Waals surface area contributed by atoms with Gasteiger partial charge in [-0.3, -0.25) is 4.79 Å². The van der Waals surface area contributed by atoms with Gasteiger partial charge in [-0.15, -0.1) is 23.7 Å². The lowest BCUT2D eigenvalue weighted by Crippen LogP contribution is -2.49. The van der Waals surface area contributed by atoms with Gasteiger partial charge in [0.25, 0.3) is 0 Å². The highest BCUT2D eigenvalue weighted by molar-refractivity contribution is 7.10. The molecule has 17 heavy (non-hydrogen) atoms. The summed E-state index contributed by atoms with van der Waals surface area (Å²) in [6.07, 6.45) is 0. The van der Waals surface area contributed by atoms with Crippen LogP contribution in [0, 0.1) is 18.8 Å². The van der Waals surface area contributed by atoms with Crippen molar-refractivity contribution in [1.82, 2.24) is 10.6 Å². The van der Waals surface area contributed by atoms with Crippen molar-refractivity contribution in [1.29, 1.82) is 0 Å². The van der Waals surface area contributed by atoms with E-state index in [0.29, 0.717) is 12.5 Å². The van der Waals surface area contributed by atoms with Crippen molar-refractivity contribution >= 4 is 29.7 Å². The zero-order valence-electron chi connectivity index (χ0n) is 10.2. The van der Waals surface area contributed by atoms with Crippen LogP contribution in [0.15, 0.2) is 11.4 Å². The number of halogens is 1. The zero-order valence-corrected chi connectivity index (χ0v) is 11.8. The average molecular weight is 275 g/mol. The normalized spacial score (nSPS) is 16.8. The maximum atomic E-state index is 11.8. The predicted molar refractivity (Wildman–Crippen MR) is 73.7 cm³/mol. The fraction of sp³-hybridized carbons (Fsp3) is 0.583. The molecule has 0 aromatic carbocycles. The largest absolute Gasteiger partial charge is 0.351 e. The number of carbonyl (C=O) groups is 1. The second-order valence-corrected chi connectivity index (χ2v) is 5.45. The Morgan fingerprint density at radius 2 is 2.35 bits per heavy atom. The third-order valence-electron chi connectivity index (χ3n) is 3.33. The van der Waals surface area contributed by atoms with E-state index in [9.17, 15) is 4.79 Å². The van der Waals surface area contributed by atoms with Crippen molar-refractivity contribution < 1.29 is 4.79 Å². The number of thiophene rings is 1. The fourth-order valence-corrected chi connectivity index (χ4v) is 2.64. The first-order valence-corrected chi connectivity index (χ1v) is 6.58. The second-order valence-electron chi connectivity index (χ2n) is 4.45. The highest BCUT2D eigenvalue weighted by Crippen LogP contribution is 2.18. The molecule has 2 N–H and O–H groups in total. The van der Waals surface area contributed by atoms with Crippen molar-refractivity contribution in [2.45, 2.75) is 20.4 Å². The summed E-state index contributed by atoms with van der Waals surface area (Å²) in [7, 11) is 0. The van der Waals surface area contributed by atoms with Gasteiger partial charge >= 0.3 is 0 Å². The number of hydrogen-bond acceptors (Lipinski definition) is 3. The molecule has 96 valence electrons. The highest BCUT2D eigenvalue weighted by Gasteiger charge is 2.28. The smallest absolute Gasteiger partial charge is 0.223 e. The van der Waals surface area contributed by atoms with E-state index in [1.807, 2.05) is 6.92 Å². The van der Waals surface area contributed by atoms with Crippen LogP contribution >= 0.6 is 23.7 Å².